The zero-order valence-corrected chi connectivity index (χ0v) is 63.7. The molecule has 0 spiro atoms. The van der Waals surface area contributed by atoms with Gasteiger partial charge in [0, 0.05) is 20.8 Å². The first-order valence-electron chi connectivity index (χ1n) is 38.0. The monoisotopic (exact) mass is 1750 g/mol. The van der Waals surface area contributed by atoms with E-state index >= 15 is 0 Å². The van der Waals surface area contributed by atoms with Crippen molar-refractivity contribution >= 4 is 17.7 Å². The Balaban J connectivity index is 0.940. The Hall–Kier alpha value is -3.47. The molecule has 10 rings (SSSR count). The summed E-state index contributed by atoms with van der Waals surface area (Å²) in [5.74, 6) is -2.82. The van der Waals surface area contributed by atoms with Crippen LogP contribution < -0.4 is 16.0 Å². The first-order chi connectivity index (χ1) is 56.2. The highest BCUT2D eigenvalue weighted by Crippen LogP contribution is 2.40. The minimum atomic E-state index is -2.59. The van der Waals surface area contributed by atoms with Crippen LogP contribution >= 0.6 is 0 Å². The lowest BCUT2D eigenvalue weighted by Gasteiger charge is -2.51. The largest absolute Gasteiger partial charge is 0.394 e. The van der Waals surface area contributed by atoms with Crippen LogP contribution in [0, 0.1) is 0 Å². The zero-order chi connectivity index (χ0) is 87.5. The topological polar surface area (TPSA) is 829 Å². The summed E-state index contributed by atoms with van der Waals surface area (Å²) in [7, 11) is 0. The van der Waals surface area contributed by atoms with Crippen LogP contribution in [0.5, 0.6) is 0 Å². The average molecular weight is 1750 g/mol. The van der Waals surface area contributed by atoms with Gasteiger partial charge in [-0.2, -0.15) is 0 Å². The fourth-order valence-corrected chi connectivity index (χ4v) is 15.3. The van der Waals surface area contributed by atoms with E-state index in [4.69, 9.17) is 90.0 Å². The molecule has 50 atom stereocenters. The van der Waals surface area contributed by atoms with Gasteiger partial charge in [0.05, 0.1) is 65.6 Å². The molecule has 0 saturated carbocycles. The van der Waals surface area contributed by atoms with E-state index < -0.39 is 384 Å². The van der Waals surface area contributed by atoms with Crippen molar-refractivity contribution in [3.05, 3.63) is 0 Å². The maximum absolute atomic E-state index is 13.2. The number of aliphatic hydroxyl groups is 28. The summed E-state index contributed by atoms with van der Waals surface area (Å²) in [6.45, 7) is -5.36. The first-order valence-corrected chi connectivity index (χ1v) is 38.0. The van der Waals surface area contributed by atoms with Crippen molar-refractivity contribution in [3.8, 4) is 0 Å². The molecule has 10 heterocycles. The fourth-order valence-electron chi connectivity index (χ4n) is 15.3. The molecule has 0 radical (unpaired) electrons. The summed E-state index contributed by atoms with van der Waals surface area (Å²) in [6, 6.07) is -5.78. The predicted molar refractivity (Wildman–Crippen MR) is 363 cm³/mol. The van der Waals surface area contributed by atoms with Gasteiger partial charge in [0.15, 0.2) is 62.9 Å². The Labute approximate surface area is 673 Å². The van der Waals surface area contributed by atoms with Crippen molar-refractivity contribution < 1.29 is 247 Å². The van der Waals surface area contributed by atoms with Crippen molar-refractivity contribution in [3.63, 3.8) is 0 Å². The van der Waals surface area contributed by atoms with E-state index in [0.717, 1.165) is 20.8 Å². The number of amides is 3. The first kappa shape index (κ1) is 97.7. The highest BCUT2D eigenvalue weighted by Gasteiger charge is 2.61. The summed E-state index contributed by atoms with van der Waals surface area (Å²) in [4.78, 5) is 38.7. The van der Waals surface area contributed by atoms with Crippen molar-refractivity contribution in [1.82, 2.24) is 16.0 Å². The minimum Gasteiger partial charge on any atom is -0.394 e. The molecule has 10 saturated heterocycles. The molecule has 0 aromatic rings. The fraction of sp³-hybridized carbons (Fsp3) is 0.955. The van der Waals surface area contributed by atoms with Crippen molar-refractivity contribution in [2.75, 3.05) is 59.5 Å². The molecular formula is C66H111N3O50. The Morgan fingerprint density at radius 3 is 0.941 bits per heavy atom. The summed E-state index contributed by atoms with van der Waals surface area (Å²) in [5, 5.41) is 317. The maximum atomic E-state index is 13.2. The summed E-state index contributed by atoms with van der Waals surface area (Å²) < 4.78 is 111. The van der Waals surface area contributed by atoms with E-state index in [1.165, 1.54) is 6.92 Å². The van der Waals surface area contributed by atoms with Crippen molar-refractivity contribution in [2.45, 2.75) is 335 Å². The molecule has 0 aromatic heterocycles. The lowest BCUT2D eigenvalue weighted by atomic mass is 9.93. The normalized spacial score (nSPS) is 50.7. The van der Waals surface area contributed by atoms with Gasteiger partial charge in [-0.15, -0.1) is 0 Å². The Kier molecular flexibility index (Phi) is 34.8. The van der Waals surface area contributed by atoms with Gasteiger partial charge >= 0.3 is 0 Å². The van der Waals surface area contributed by atoms with E-state index in [1.807, 2.05) is 0 Å². The molecular weight excluding hydrogens is 1630 g/mol. The number of ether oxygens (including phenoxy) is 19. The van der Waals surface area contributed by atoms with Crippen LogP contribution in [0.1, 0.15) is 27.7 Å². The second-order valence-electron chi connectivity index (χ2n) is 30.3. The SMILES string of the molecule is CC(=O)N[C@@H]1[C@@H](O)[C@H](O[C@H]2O[C@H](CO)[C@@H](O[C@H]3O[C@H](CO[C@H]4O[C@H](CO[C@H]5O[C@H](CO)[C@@H](O)[C@H](O)[C@@H]5O)[C@@H](O)[C@H](O)[C@@H]4O)[C@@H](O)[C@H](O[C@@H]4O[C@H](CO)[C@@H](O)[C@H](O)[C@@H]4O[C@H]4O[C@H](CO)[C@@H](O[C@H]5O[C@H](CO)[C@H](O)[C@H](O[C@H]6O[C@H](CO)[C@H](O)[C@H](O)[C@H]6O)[C@H]5O)[C@H](O)[C@H]4NC(C)=O)[C@@H]3O)[C@H](O)[C@H]2NC(C)=O)[C@@H](CO[C@H]2O[C@H](C)[C@H](O)[C@H](O)[C@H]2O)O[C@@H]1O. The molecule has 10 aliphatic rings. The van der Waals surface area contributed by atoms with Crippen LogP contribution in [0.2, 0.25) is 0 Å². The van der Waals surface area contributed by atoms with Crippen LogP contribution in [0.15, 0.2) is 0 Å². The molecule has 31 N–H and O–H groups in total. The van der Waals surface area contributed by atoms with Crippen LogP contribution in [-0.4, -0.2) is 527 Å². The molecule has 3 amide bonds. The maximum Gasteiger partial charge on any atom is 0.217 e. The Morgan fingerprint density at radius 1 is 0.235 bits per heavy atom. The smallest absolute Gasteiger partial charge is 0.217 e. The highest BCUT2D eigenvalue weighted by atomic mass is 16.8. The van der Waals surface area contributed by atoms with Crippen LogP contribution in [0.3, 0.4) is 0 Å². The quantitative estimate of drug-likeness (QED) is 0.0318. The number of hydrogen-bond acceptors (Lipinski definition) is 50. The van der Waals surface area contributed by atoms with E-state index in [0.29, 0.717) is 0 Å². The van der Waals surface area contributed by atoms with E-state index in [-0.39, 0.29) is 0 Å². The summed E-state index contributed by atoms with van der Waals surface area (Å²) in [6.07, 6.45) is -96.5. The van der Waals surface area contributed by atoms with Crippen LogP contribution in [-0.2, 0) is 104 Å². The molecule has 10 fully saturated rings. The molecule has 53 nitrogen and oxygen atoms in total. The third-order valence-electron chi connectivity index (χ3n) is 22.0. The Bertz CT molecular complexity index is 3160. The van der Waals surface area contributed by atoms with E-state index in [2.05, 4.69) is 16.0 Å². The lowest BCUT2D eigenvalue weighted by Crippen LogP contribution is -2.71. The molecule has 0 aromatic carbocycles. The molecule has 0 bridgehead atoms. The third-order valence-corrected chi connectivity index (χ3v) is 22.0. The number of carbonyl (C=O) groups excluding carboxylic acids is 3. The minimum absolute atomic E-state index is 0.836. The molecule has 0 aliphatic carbocycles. The molecule has 10 aliphatic heterocycles. The molecule has 53 heteroatoms. The summed E-state index contributed by atoms with van der Waals surface area (Å²) >= 11 is 0. The zero-order valence-electron chi connectivity index (χ0n) is 63.7. The lowest BCUT2D eigenvalue weighted by molar-refractivity contribution is -0.399. The number of hydrogen-bond donors (Lipinski definition) is 31. The van der Waals surface area contributed by atoms with Gasteiger partial charge in [0.1, 0.15) is 238 Å². The standard InChI is InChI=1S/C66H111N3O50/c1-14-30(79)40(89)45(94)60(104-14)103-13-26-53(37(86)27(57(100)105-26)67-15(2)76)114-58-28(68-16(3)77)38(87)52(22(9-74)110-58)116-65-50(99)55(36(85)25(113-65)12-102-62-47(96)43(92)34(83)24(112-62)11-101-61-46(95)41(90)31(80)18(5-70)106-61)118-66-56(44(93)33(82)20(7-72)109-66)119-59-29(69-17(4)78)39(88)51(23(10-75)111-59)115-64-49(98)54(35(84)21(8-73)108-64)117-63-48(97)42(91)32(81)19(6-71)107-63/h14,18-66,70-75,79-100H,5-13H2,1-4H3,(H,67,76)(H,68,77)(H,69,78)/t14-,18-,19-,20-,21-,22-,23-,24-,25-,26-,27-,28-,29-,30+,31-,32+,33-,34-,35+,36-,37-,38-,39-,40+,41+,42+,43+,44+,45-,46+,47+,48-,49-,50+,51-,52-,53-,54+,55+,56+,57+,58-,59-,60+,61+,62+,63-,64-,65-,66+/m1/s1. The van der Waals surface area contributed by atoms with Crippen LogP contribution in [0.25, 0.3) is 0 Å². The number of carbonyl (C=O) groups is 3. The van der Waals surface area contributed by atoms with Gasteiger partial charge in [-0.05, 0) is 6.92 Å². The number of aliphatic hydroxyl groups excluding tert-OH is 28. The van der Waals surface area contributed by atoms with E-state index in [9.17, 15) is 157 Å². The molecule has 690 valence electrons. The second kappa shape index (κ2) is 42.4. The Morgan fingerprint density at radius 2 is 0.504 bits per heavy atom. The van der Waals surface area contributed by atoms with E-state index in [1.54, 1.807) is 0 Å². The molecule has 119 heavy (non-hydrogen) atoms. The third kappa shape index (κ3) is 21.5. The predicted octanol–water partition coefficient (Wildman–Crippen LogP) is -21.3. The van der Waals surface area contributed by atoms with Gasteiger partial charge in [-0.1, -0.05) is 0 Å². The van der Waals surface area contributed by atoms with Crippen molar-refractivity contribution in [2.24, 2.45) is 0 Å². The highest BCUT2D eigenvalue weighted by molar-refractivity contribution is 5.74. The van der Waals surface area contributed by atoms with Crippen molar-refractivity contribution in [1.29, 1.82) is 0 Å². The van der Waals surface area contributed by atoms with Crippen LogP contribution in [0.4, 0.5) is 0 Å². The average Bonchev–Trinajstić information content (AvgIpc) is 0.769. The van der Waals surface area contributed by atoms with Gasteiger partial charge in [-0.25, -0.2) is 0 Å². The van der Waals surface area contributed by atoms with Gasteiger partial charge in [0.2, 0.25) is 17.7 Å². The number of nitrogens with one attached hydrogen (secondary N) is 3. The number of rotatable bonds is 30. The molecule has 0 unspecified atom stereocenters. The van der Waals surface area contributed by atoms with Gasteiger partial charge < -0.3 is 249 Å². The summed E-state index contributed by atoms with van der Waals surface area (Å²) in [5.41, 5.74) is 0. The second-order valence-corrected chi connectivity index (χ2v) is 30.3. The van der Waals surface area contributed by atoms with Gasteiger partial charge in [0.25, 0.3) is 0 Å². The van der Waals surface area contributed by atoms with Gasteiger partial charge in [-0.3, -0.25) is 14.4 Å².